The van der Waals surface area contributed by atoms with Gasteiger partial charge in [0.25, 0.3) is 0 Å². The number of hydrogen-bond acceptors (Lipinski definition) is 3. The van der Waals surface area contributed by atoms with Gasteiger partial charge in [0.05, 0.1) is 5.56 Å². The molecule has 0 unspecified atom stereocenters. The van der Waals surface area contributed by atoms with Crippen LogP contribution in [0.5, 0.6) is 0 Å². The van der Waals surface area contributed by atoms with E-state index in [-0.39, 0.29) is 0 Å². The summed E-state index contributed by atoms with van der Waals surface area (Å²) in [6.07, 6.45) is 4.05. The molecule has 3 heterocycles. The van der Waals surface area contributed by atoms with Crippen molar-refractivity contribution in [1.29, 1.82) is 0 Å². The summed E-state index contributed by atoms with van der Waals surface area (Å²) in [7, 11) is 1.66. The molecule has 124 valence electrons. The normalized spacial score (nSPS) is 11.2. The number of halogens is 2. The number of imidazole rings is 1. The molecule has 0 saturated heterocycles. The molecule has 0 spiro atoms. The van der Waals surface area contributed by atoms with E-state index >= 15 is 0 Å². The fourth-order valence-corrected chi connectivity index (χ4v) is 3.13. The van der Waals surface area contributed by atoms with Gasteiger partial charge < -0.3 is 0 Å². The summed E-state index contributed by atoms with van der Waals surface area (Å²) >= 11 is 6.49. The molecule has 0 aliphatic heterocycles. The molecule has 0 radical (unpaired) electrons. The monoisotopic (exact) mass is 354 g/mol. The van der Waals surface area contributed by atoms with Crippen molar-refractivity contribution in [3.63, 3.8) is 0 Å². The highest BCUT2D eigenvalue weighted by Gasteiger charge is 2.19. The molecule has 0 atom stereocenters. The Kier molecular flexibility index (Phi) is 3.62. The van der Waals surface area contributed by atoms with Gasteiger partial charge in [-0.05, 0) is 17.7 Å². The van der Waals surface area contributed by atoms with Gasteiger partial charge in [0.1, 0.15) is 22.8 Å². The Morgan fingerprint density at radius 3 is 2.60 bits per heavy atom. The first kappa shape index (κ1) is 15.5. The van der Waals surface area contributed by atoms with Crippen molar-refractivity contribution < 1.29 is 9.18 Å². The first-order valence-electron chi connectivity index (χ1n) is 7.50. The van der Waals surface area contributed by atoms with E-state index in [1.165, 1.54) is 4.68 Å². The van der Waals surface area contributed by atoms with Crippen LogP contribution < -0.4 is 0 Å². The van der Waals surface area contributed by atoms with E-state index in [4.69, 9.17) is 11.6 Å². The van der Waals surface area contributed by atoms with Crippen LogP contribution in [0.1, 0.15) is 10.4 Å². The number of hydrogen-bond donors (Lipinski definition) is 0. The molecule has 0 saturated carbocycles. The lowest BCUT2D eigenvalue weighted by molar-refractivity contribution is 0.112. The zero-order valence-corrected chi connectivity index (χ0v) is 13.9. The molecule has 4 aromatic rings. The van der Waals surface area contributed by atoms with Crippen molar-refractivity contribution in [2.75, 3.05) is 0 Å². The lowest BCUT2D eigenvalue weighted by atomic mass is 10.0. The van der Waals surface area contributed by atoms with Crippen molar-refractivity contribution in [2.45, 2.75) is 0 Å². The second-order valence-electron chi connectivity index (χ2n) is 5.61. The number of carbonyl (C=O) groups is 1. The standard InChI is InChI=1S/C18H12ClFN4O/c1-23-9-14(18(20)22-23)12-4-2-3-5-13(12)16-17(19)24-7-6-11(10-25)8-15(24)21-16/h2-10H,1H3. The summed E-state index contributed by atoms with van der Waals surface area (Å²) in [5.74, 6) is -0.557. The Balaban J connectivity index is 1.97. The number of fused-ring (bicyclic) bond motifs is 1. The van der Waals surface area contributed by atoms with Gasteiger partial charge in [-0.3, -0.25) is 13.9 Å². The number of carbonyl (C=O) groups excluding carboxylic acids is 1. The van der Waals surface area contributed by atoms with Crippen LogP contribution >= 0.6 is 11.6 Å². The Labute approximate surface area is 147 Å². The average molecular weight is 355 g/mol. The minimum absolute atomic E-state index is 0.375. The molecule has 3 aromatic heterocycles. The maximum atomic E-state index is 14.2. The predicted molar refractivity (Wildman–Crippen MR) is 93.2 cm³/mol. The van der Waals surface area contributed by atoms with E-state index in [2.05, 4.69) is 10.1 Å². The van der Waals surface area contributed by atoms with Crippen LogP contribution in [-0.4, -0.2) is 25.5 Å². The summed E-state index contributed by atoms with van der Waals surface area (Å²) in [6.45, 7) is 0. The van der Waals surface area contributed by atoms with Crippen molar-refractivity contribution in [3.05, 3.63) is 65.5 Å². The first-order chi connectivity index (χ1) is 12.1. The Bertz CT molecular complexity index is 1120. The summed E-state index contributed by atoms with van der Waals surface area (Å²) < 4.78 is 17.3. The molecular formula is C18H12ClFN4O. The van der Waals surface area contributed by atoms with Gasteiger partial charge >= 0.3 is 0 Å². The summed E-state index contributed by atoms with van der Waals surface area (Å²) in [4.78, 5) is 15.5. The van der Waals surface area contributed by atoms with Crippen LogP contribution in [-0.2, 0) is 7.05 Å². The van der Waals surface area contributed by atoms with Crippen LogP contribution in [0.4, 0.5) is 4.39 Å². The Morgan fingerprint density at radius 1 is 1.16 bits per heavy atom. The van der Waals surface area contributed by atoms with Gasteiger partial charge in [0, 0.05) is 30.6 Å². The molecule has 0 N–H and O–H groups in total. The van der Waals surface area contributed by atoms with Crippen LogP contribution in [0.25, 0.3) is 28.0 Å². The summed E-state index contributed by atoms with van der Waals surface area (Å²) in [6, 6.07) is 10.6. The largest absolute Gasteiger partial charge is 0.298 e. The molecule has 0 aliphatic rings. The number of aryl methyl sites for hydroxylation is 1. The van der Waals surface area contributed by atoms with Crippen molar-refractivity contribution in [3.8, 4) is 22.4 Å². The zero-order valence-electron chi connectivity index (χ0n) is 13.1. The maximum absolute atomic E-state index is 14.2. The van der Waals surface area contributed by atoms with Crippen molar-refractivity contribution in [1.82, 2.24) is 19.2 Å². The number of rotatable bonds is 3. The summed E-state index contributed by atoms with van der Waals surface area (Å²) in [5.41, 5.74) is 3.28. The Hall–Kier alpha value is -2.99. The van der Waals surface area contributed by atoms with Crippen LogP contribution in [0.2, 0.25) is 5.15 Å². The van der Waals surface area contributed by atoms with E-state index in [0.29, 0.717) is 38.7 Å². The van der Waals surface area contributed by atoms with Crippen LogP contribution in [0.3, 0.4) is 0 Å². The van der Waals surface area contributed by atoms with Crippen molar-refractivity contribution >= 4 is 23.5 Å². The molecule has 0 aliphatic carbocycles. The highest BCUT2D eigenvalue weighted by molar-refractivity contribution is 6.32. The van der Waals surface area contributed by atoms with Gasteiger partial charge in [-0.2, -0.15) is 4.39 Å². The molecule has 7 heteroatoms. The van der Waals surface area contributed by atoms with E-state index in [1.807, 2.05) is 18.2 Å². The van der Waals surface area contributed by atoms with Crippen LogP contribution in [0.15, 0.2) is 48.8 Å². The van der Waals surface area contributed by atoms with Gasteiger partial charge in [-0.15, -0.1) is 5.10 Å². The second kappa shape index (κ2) is 5.82. The third kappa shape index (κ3) is 2.51. The third-order valence-corrected chi connectivity index (χ3v) is 4.35. The fraction of sp³-hybridized carbons (Fsp3) is 0.0556. The summed E-state index contributed by atoms with van der Waals surface area (Å²) in [5, 5.41) is 4.16. The second-order valence-corrected chi connectivity index (χ2v) is 5.97. The lowest BCUT2D eigenvalue weighted by Gasteiger charge is -2.06. The van der Waals surface area contributed by atoms with E-state index in [0.717, 1.165) is 6.29 Å². The number of nitrogens with zero attached hydrogens (tertiary/aromatic N) is 4. The molecule has 25 heavy (non-hydrogen) atoms. The quantitative estimate of drug-likeness (QED) is 0.522. The first-order valence-corrected chi connectivity index (χ1v) is 7.88. The minimum atomic E-state index is -0.557. The lowest BCUT2D eigenvalue weighted by Crippen LogP contribution is -1.88. The molecular weight excluding hydrogens is 343 g/mol. The molecule has 0 bridgehead atoms. The fourth-order valence-electron chi connectivity index (χ4n) is 2.84. The van der Waals surface area contributed by atoms with Crippen LogP contribution in [0, 0.1) is 5.95 Å². The van der Waals surface area contributed by atoms with Gasteiger partial charge in [-0.1, -0.05) is 35.9 Å². The van der Waals surface area contributed by atoms with Gasteiger partial charge in [0.15, 0.2) is 0 Å². The minimum Gasteiger partial charge on any atom is -0.298 e. The number of aldehydes is 1. The topological polar surface area (TPSA) is 52.2 Å². The molecule has 4 rings (SSSR count). The SMILES string of the molecule is Cn1cc(-c2ccccc2-c2nc3cc(C=O)ccn3c2Cl)c(F)n1. The van der Waals surface area contributed by atoms with Gasteiger partial charge in [0.2, 0.25) is 5.95 Å². The molecule has 1 aromatic carbocycles. The third-order valence-electron chi connectivity index (χ3n) is 3.98. The maximum Gasteiger partial charge on any atom is 0.240 e. The highest BCUT2D eigenvalue weighted by atomic mass is 35.5. The van der Waals surface area contributed by atoms with Crippen molar-refractivity contribution in [2.24, 2.45) is 7.05 Å². The Morgan fingerprint density at radius 2 is 1.92 bits per heavy atom. The number of benzene rings is 1. The zero-order chi connectivity index (χ0) is 17.6. The van der Waals surface area contributed by atoms with E-state index in [1.54, 1.807) is 42.0 Å². The van der Waals surface area contributed by atoms with Gasteiger partial charge in [-0.25, -0.2) is 4.98 Å². The molecule has 0 fully saturated rings. The smallest absolute Gasteiger partial charge is 0.240 e. The number of pyridine rings is 1. The molecule has 0 amide bonds. The van der Waals surface area contributed by atoms with E-state index < -0.39 is 5.95 Å². The van der Waals surface area contributed by atoms with E-state index in [9.17, 15) is 9.18 Å². The predicted octanol–water partition coefficient (Wildman–Crippen LogP) is 4.01. The highest BCUT2D eigenvalue weighted by Crippen LogP contribution is 2.36. The molecule has 5 nitrogen and oxygen atoms in total. The average Bonchev–Trinajstić information content (AvgIpc) is 3.13. The number of aromatic nitrogens is 4.